The van der Waals surface area contributed by atoms with Crippen LogP contribution in [-0.4, -0.2) is 18.2 Å². The quantitative estimate of drug-likeness (QED) is 0.877. The summed E-state index contributed by atoms with van der Waals surface area (Å²) < 4.78 is 5.48. The van der Waals surface area contributed by atoms with Crippen LogP contribution in [0.3, 0.4) is 0 Å². The molecule has 1 aliphatic heterocycles. The highest BCUT2D eigenvalue weighted by Crippen LogP contribution is 2.29. The minimum Gasteiger partial charge on any atom is -0.378 e. The number of halogens is 1. The van der Waals surface area contributed by atoms with Gasteiger partial charge in [0.25, 0.3) is 0 Å². The second-order valence-corrected chi connectivity index (χ2v) is 4.90. The van der Waals surface area contributed by atoms with Crippen LogP contribution in [0.25, 0.3) is 0 Å². The van der Waals surface area contributed by atoms with Gasteiger partial charge in [0.05, 0.1) is 18.8 Å². The van der Waals surface area contributed by atoms with Gasteiger partial charge in [0.15, 0.2) is 0 Å². The minimum absolute atomic E-state index is 0.107. The third-order valence-corrected chi connectivity index (χ3v) is 3.22. The van der Waals surface area contributed by atoms with Crippen LogP contribution in [0, 0.1) is 11.3 Å². The molecule has 1 fully saturated rings. The Kier molecular flexibility index (Phi) is 3.56. The van der Waals surface area contributed by atoms with Crippen LogP contribution >= 0.6 is 11.6 Å². The minimum atomic E-state index is -0.539. The van der Waals surface area contributed by atoms with Gasteiger partial charge in [-0.2, -0.15) is 5.26 Å². The molecule has 0 radical (unpaired) electrons. The molecule has 1 heterocycles. The van der Waals surface area contributed by atoms with Crippen molar-refractivity contribution in [1.29, 1.82) is 5.26 Å². The number of anilines is 1. The summed E-state index contributed by atoms with van der Waals surface area (Å²) >= 11 is 5.93. The first-order valence-electron chi connectivity index (χ1n) is 5.70. The number of ether oxygens (including phenoxy) is 1. The lowest BCUT2D eigenvalue weighted by Gasteiger charge is -2.35. The van der Waals surface area contributed by atoms with Gasteiger partial charge in [0, 0.05) is 23.6 Å². The maximum absolute atomic E-state index is 9.39. The monoisotopic (exact) mass is 250 g/mol. The predicted molar refractivity (Wildman–Crippen MR) is 68.1 cm³/mol. The number of hydrogen-bond acceptors (Lipinski definition) is 3. The number of rotatable bonds is 2. The van der Waals surface area contributed by atoms with Crippen molar-refractivity contribution in [2.24, 2.45) is 0 Å². The van der Waals surface area contributed by atoms with Gasteiger partial charge in [-0.3, -0.25) is 0 Å². The van der Waals surface area contributed by atoms with Crippen molar-refractivity contribution in [1.82, 2.24) is 0 Å². The third kappa shape index (κ3) is 2.91. The molecule has 3 nitrogen and oxygen atoms in total. The number of benzene rings is 1. The van der Waals surface area contributed by atoms with Crippen LogP contribution in [-0.2, 0) is 4.74 Å². The van der Waals surface area contributed by atoms with Crippen molar-refractivity contribution >= 4 is 17.3 Å². The number of nitrogens with zero attached hydrogens (tertiary/aromatic N) is 1. The molecule has 1 aromatic rings. The summed E-state index contributed by atoms with van der Waals surface area (Å²) in [5.74, 6) is 0. The fraction of sp³-hybridized carbons (Fsp3) is 0.462. The third-order valence-electron chi connectivity index (χ3n) is 2.99. The number of nitriles is 1. The molecule has 2 unspecified atom stereocenters. The molecule has 0 spiro atoms. The second kappa shape index (κ2) is 4.95. The fourth-order valence-corrected chi connectivity index (χ4v) is 2.36. The Bertz CT molecular complexity index is 443. The Morgan fingerprint density at radius 1 is 1.59 bits per heavy atom. The van der Waals surface area contributed by atoms with Gasteiger partial charge >= 0.3 is 0 Å². The second-order valence-electron chi connectivity index (χ2n) is 4.46. The van der Waals surface area contributed by atoms with Gasteiger partial charge in [-0.25, -0.2) is 0 Å². The lowest BCUT2D eigenvalue weighted by Crippen LogP contribution is -2.45. The van der Waals surface area contributed by atoms with E-state index >= 15 is 0 Å². The molecule has 1 saturated heterocycles. The van der Waals surface area contributed by atoms with Crippen molar-refractivity contribution < 1.29 is 4.74 Å². The molecule has 2 atom stereocenters. The van der Waals surface area contributed by atoms with Gasteiger partial charge in [0.2, 0.25) is 0 Å². The molecule has 0 amide bonds. The molecule has 17 heavy (non-hydrogen) atoms. The van der Waals surface area contributed by atoms with Gasteiger partial charge < -0.3 is 10.1 Å². The summed E-state index contributed by atoms with van der Waals surface area (Å²) in [6.07, 6.45) is 1.49. The highest BCUT2D eigenvalue weighted by Gasteiger charge is 2.35. The van der Waals surface area contributed by atoms with Crippen LogP contribution in [0.15, 0.2) is 24.3 Å². The lowest BCUT2D eigenvalue weighted by molar-refractivity contribution is 0.0103. The summed E-state index contributed by atoms with van der Waals surface area (Å²) in [5, 5.41) is 13.3. The highest BCUT2D eigenvalue weighted by molar-refractivity contribution is 6.30. The molecule has 0 saturated carbocycles. The Morgan fingerprint density at radius 3 is 3.06 bits per heavy atom. The first-order chi connectivity index (χ1) is 8.13. The smallest absolute Gasteiger partial charge is 0.130 e. The van der Waals surface area contributed by atoms with Crippen LogP contribution in [0.1, 0.15) is 19.8 Å². The standard InChI is InChI=1S/C13H15ClN2O/c1-10-8-13(9-15,5-6-17-10)16-12-4-2-3-11(14)7-12/h2-4,7,10,16H,5-6,8H2,1H3. The molecule has 1 aromatic carbocycles. The summed E-state index contributed by atoms with van der Waals surface area (Å²) in [6, 6.07) is 9.83. The Morgan fingerprint density at radius 2 is 2.41 bits per heavy atom. The molecule has 1 N–H and O–H groups in total. The summed E-state index contributed by atoms with van der Waals surface area (Å²) in [6.45, 7) is 2.60. The zero-order valence-electron chi connectivity index (χ0n) is 9.74. The van der Waals surface area contributed by atoms with Crippen molar-refractivity contribution in [3.8, 4) is 6.07 Å². The molecule has 90 valence electrons. The van der Waals surface area contributed by atoms with E-state index in [4.69, 9.17) is 16.3 Å². The molecule has 1 aliphatic rings. The van der Waals surface area contributed by atoms with E-state index in [0.717, 1.165) is 5.69 Å². The molecular weight excluding hydrogens is 236 g/mol. The fourth-order valence-electron chi connectivity index (χ4n) is 2.17. The molecule has 0 aliphatic carbocycles. The van der Waals surface area contributed by atoms with Crippen LogP contribution < -0.4 is 5.32 Å². The van der Waals surface area contributed by atoms with Gasteiger partial charge in [-0.1, -0.05) is 17.7 Å². The summed E-state index contributed by atoms with van der Waals surface area (Å²) in [7, 11) is 0. The maximum Gasteiger partial charge on any atom is 0.130 e. The lowest BCUT2D eigenvalue weighted by atomic mass is 9.88. The van der Waals surface area contributed by atoms with Crippen molar-refractivity contribution in [3.63, 3.8) is 0 Å². The predicted octanol–water partition coefficient (Wildman–Crippen LogP) is 3.21. The van der Waals surface area contributed by atoms with Gasteiger partial charge in [-0.05, 0) is 25.1 Å². The average molecular weight is 251 g/mol. The summed E-state index contributed by atoms with van der Waals surface area (Å²) in [4.78, 5) is 0. The van der Waals surface area contributed by atoms with Gasteiger partial charge in [0.1, 0.15) is 5.54 Å². The number of hydrogen-bond donors (Lipinski definition) is 1. The topological polar surface area (TPSA) is 45.0 Å². The van der Waals surface area contributed by atoms with Crippen molar-refractivity contribution in [2.75, 3.05) is 11.9 Å². The SMILES string of the molecule is CC1CC(C#N)(Nc2cccc(Cl)c2)CCO1. The van der Waals surface area contributed by atoms with Crippen molar-refractivity contribution in [2.45, 2.75) is 31.4 Å². The molecule has 2 rings (SSSR count). The van der Waals surface area contributed by atoms with E-state index in [-0.39, 0.29) is 6.10 Å². The van der Waals surface area contributed by atoms with E-state index in [1.807, 2.05) is 31.2 Å². The average Bonchev–Trinajstić information content (AvgIpc) is 2.29. The molecular formula is C13H15ClN2O. The van der Waals surface area contributed by atoms with E-state index in [2.05, 4.69) is 11.4 Å². The van der Waals surface area contributed by atoms with E-state index in [9.17, 15) is 5.26 Å². The zero-order chi connectivity index (χ0) is 12.3. The molecule has 0 aromatic heterocycles. The van der Waals surface area contributed by atoms with E-state index < -0.39 is 5.54 Å². The molecule has 4 heteroatoms. The highest BCUT2D eigenvalue weighted by atomic mass is 35.5. The largest absolute Gasteiger partial charge is 0.378 e. The summed E-state index contributed by atoms with van der Waals surface area (Å²) in [5.41, 5.74) is 0.343. The van der Waals surface area contributed by atoms with E-state index in [0.29, 0.717) is 24.5 Å². The van der Waals surface area contributed by atoms with Crippen molar-refractivity contribution in [3.05, 3.63) is 29.3 Å². The van der Waals surface area contributed by atoms with E-state index in [1.165, 1.54) is 0 Å². The van der Waals surface area contributed by atoms with Crippen LogP contribution in [0.5, 0.6) is 0 Å². The molecule has 0 bridgehead atoms. The Balaban J connectivity index is 2.17. The first-order valence-corrected chi connectivity index (χ1v) is 6.08. The Hall–Kier alpha value is -1.24. The zero-order valence-corrected chi connectivity index (χ0v) is 10.5. The Labute approximate surface area is 106 Å². The maximum atomic E-state index is 9.39. The number of nitrogens with one attached hydrogen (secondary N) is 1. The van der Waals surface area contributed by atoms with Gasteiger partial charge in [-0.15, -0.1) is 0 Å². The van der Waals surface area contributed by atoms with Crippen LogP contribution in [0.2, 0.25) is 5.02 Å². The van der Waals surface area contributed by atoms with Crippen LogP contribution in [0.4, 0.5) is 5.69 Å². The first kappa shape index (κ1) is 12.2. The normalized spacial score (nSPS) is 28.4. The van der Waals surface area contributed by atoms with E-state index in [1.54, 1.807) is 0 Å².